The summed E-state index contributed by atoms with van der Waals surface area (Å²) in [5, 5.41) is 10.8. The molecule has 16 heavy (non-hydrogen) atoms. The highest BCUT2D eigenvalue weighted by molar-refractivity contribution is 5.94. The first kappa shape index (κ1) is 10.7. The molecule has 6 nitrogen and oxygen atoms in total. The molecular weight excluding hydrogens is 208 g/mol. The summed E-state index contributed by atoms with van der Waals surface area (Å²) in [5.41, 5.74) is 8.36. The Kier molecular flexibility index (Phi) is 2.91. The van der Waals surface area contributed by atoms with Gasteiger partial charge in [-0.15, -0.1) is 0 Å². The van der Waals surface area contributed by atoms with Gasteiger partial charge in [-0.2, -0.15) is 0 Å². The maximum absolute atomic E-state index is 5.74. The third-order valence-corrected chi connectivity index (χ3v) is 2.43. The number of hydrogen-bond acceptors (Lipinski definition) is 6. The van der Waals surface area contributed by atoms with E-state index in [0.717, 1.165) is 5.69 Å². The predicted molar refractivity (Wildman–Crippen MR) is 61.2 cm³/mol. The van der Waals surface area contributed by atoms with Crippen LogP contribution in [0.3, 0.4) is 0 Å². The topological polar surface area (TPSA) is 86.2 Å². The summed E-state index contributed by atoms with van der Waals surface area (Å²) in [6, 6.07) is 3.62. The lowest BCUT2D eigenvalue weighted by Crippen LogP contribution is -2.18. The molecule has 6 heteroatoms. The Bertz CT molecular complexity index is 483. The van der Waals surface area contributed by atoms with E-state index in [1.807, 2.05) is 13.0 Å². The van der Waals surface area contributed by atoms with Crippen molar-refractivity contribution < 1.29 is 9.37 Å². The molecule has 2 aromatic rings. The van der Waals surface area contributed by atoms with Crippen molar-refractivity contribution in [3.8, 4) is 0 Å². The zero-order chi connectivity index (χ0) is 11.5. The van der Waals surface area contributed by atoms with Crippen molar-refractivity contribution in [2.24, 2.45) is 0 Å². The zero-order valence-corrected chi connectivity index (χ0v) is 9.23. The largest absolute Gasteiger partial charge is 0.397 e. The third-order valence-electron chi connectivity index (χ3n) is 2.43. The Morgan fingerprint density at radius 2 is 2.19 bits per heavy atom. The van der Waals surface area contributed by atoms with Gasteiger partial charge in [0.15, 0.2) is 11.0 Å². The standard InChI is InChI=1S/C10H14N4O2/c1-6(15-2)5-12-8-4-3-7(11)9-10(8)14-16-13-9/h3-4,6,12H,5,11H2,1-2H3. The number of anilines is 2. The number of nitrogens with two attached hydrogens (primary N) is 1. The van der Waals surface area contributed by atoms with Crippen molar-refractivity contribution in [1.82, 2.24) is 10.3 Å². The summed E-state index contributed by atoms with van der Waals surface area (Å²) < 4.78 is 9.81. The second-order valence-corrected chi connectivity index (χ2v) is 3.59. The van der Waals surface area contributed by atoms with Crippen molar-refractivity contribution >= 4 is 22.4 Å². The molecule has 0 saturated carbocycles. The van der Waals surface area contributed by atoms with Crippen LogP contribution in [0.25, 0.3) is 11.0 Å². The van der Waals surface area contributed by atoms with E-state index in [9.17, 15) is 0 Å². The van der Waals surface area contributed by atoms with Crippen molar-refractivity contribution in [3.05, 3.63) is 12.1 Å². The molecule has 1 aromatic heterocycles. The van der Waals surface area contributed by atoms with Crippen LogP contribution in [0.2, 0.25) is 0 Å². The minimum absolute atomic E-state index is 0.118. The minimum Gasteiger partial charge on any atom is -0.397 e. The first-order valence-corrected chi connectivity index (χ1v) is 4.99. The number of aromatic nitrogens is 2. The summed E-state index contributed by atoms with van der Waals surface area (Å²) in [6.07, 6.45) is 0.118. The average molecular weight is 222 g/mol. The molecule has 0 saturated heterocycles. The molecule has 86 valence electrons. The van der Waals surface area contributed by atoms with Crippen LogP contribution in [-0.2, 0) is 4.74 Å². The maximum Gasteiger partial charge on any atom is 0.160 e. The van der Waals surface area contributed by atoms with Crippen LogP contribution in [0.5, 0.6) is 0 Å². The number of fused-ring (bicyclic) bond motifs is 1. The van der Waals surface area contributed by atoms with Gasteiger partial charge in [0.05, 0.1) is 17.5 Å². The average Bonchev–Trinajstić information content (AvgIpc) is 2.77. The van der Waals surface area contributed by atoms with Gasteiger partial charge in [0.1, 0.15) is 0 Å². The Morgan fingerprint density at radius 1 is 1.44 bits per heavy atom. The number of nitrogen functional groups attached to an aromatic ring is 1. The molecule has 0 radical (unpaired) electrons. The number of ether oxygens (including phenoxy) is 1. The van der Waals surface area contributed by atoms with Crippen LogP contribution in [-0.4, -0.2) is 30.1 Å². The lowest BCUT2D eigenvalue weighted by Gasteiger charge is -2.11. The zero-order valence-electron chi connectivity index (χ0n) is 9.23. The molecule has 0 aliphatic carbocycles. The lowest BCUT2D eigenvalue weighted by atomic mass is 10.2. The molecule has 0 spiro atoms. The Labute approximate surface area is 92.7 Å². The highest BCUT2D eigenvalue weighted by atomic mass is 16.6. The molecule has 0 amide bonds. The van der Waals surface area contributed by atoms with Crippen molar-refractivity contribution in [2.75, 3.05) is 24.7 Å². The number of nitrogens with zero attached hydrogens (tertiary/aromatic N) is 2. The number of nitrogens with one attached hydrogen (secondary N) is 1. The molecule has 3 N–H and O–H groups in total. The van der Waals surface area contributed by atoms with E-state index in [-0.39, 0.29) is 6.10 Å². The first-order valence-electron chi connectivity index (χ1n) is 4.99. The first-order chi connectivity index (χ1) is 7.72. The molecule has 0 fully saturated rings. The van der Waals surface area contributed by atoms with Gasteiger partial charge < -0.3 is 15.8 Å². The van der Waals surface area contributed by atoms with Crippen LogP contribution >= 0.6 is 0 Å². The number of benzene rings is 1. The second-order valence-electron chi connectivity index (χ2n) is 3.59. The molecule has 1 heterocycles. The highest BCUT2D eigenvalue weighted by Gasteiger charge is 2.10. The van der Waals surface area contributed by atoms with Gasteiger partial charge in [-0.05, 0) is 29.4 Å². The summed E-state index contributed by atoms with van der Waals surface area (Å²) >= 11 is 0. The van der Waals surface area contributed by atoms with E-state index in [0.29, 0.717) is 23.3 Å². The molecule has 1 unspecified atom stereocenters. The van der Waals surface area contributed by atoms with Gasteiger partial charge in [0.2, 0.25) is 0 Å². The Morgan fingerprint density at radius 3 is 2.94 bits per heavy atom. The van der Waals surface area contributed by atoms with Crippen LogP contribution in [0, 0.1) is 0 Å². The highest BCUT2D eigenvalue weighted by Crippen LogP contribution is 2.24. The van der Waals surface area contributed by atoms with Crippen LogP contribution in [0.4, 0.5) is 11.4 Å². The van der Waals surface area contributed by atoms with Crippen molar-refractivity contribution in [2.45, 2.75) is 13.0 Å². The van der Waals surface area contributed by atoms with Gasteiger partial charge in [-0.3, -0.25) is 0 Å². The maximum atomic E-state index is 5.74. The quantitative estimate of drug-likeness (QED) is 0.757. The molecule has 1 aromatic carbocycles. The number of rotatable bonds is 4. The van der Waals surface area contributed by atoms with E-state index in [2.05, 4.69) is 20.3 Å². The monoisotopic (exact) mass is 222 g/mol. The van der Waals surface area contributed by atoms with E-state index in [4.69, 9.17) is 10.5 Å². The normalized spacial score (nSPS) is 12.9. The SMILES string of the molecule is COC(C)CNc1ccc(N)c2nonc12. The molecule has 0 aliphatic heterocycles. The summed E-state index contributed by atoms with van der Waals surface area (Å²) in [7, 11) is 1.67. The van der Waals surface area contributed by atoms with E-state index < -0.39 is 0 Å². The molecule has 2 rings (SSSR count). The Balaban J connectivity index is 2.24. The number of methoxy groups -OCH3 is 1. The van der Waals surface area contributed by atoms with E-state index in [1.54, 1.807) is 13.2 Å². The molecule has 0 aliphatic rings. The molecule has 1 atom stereocenters. The summed E-state index contributed by atoms with van der Waals surface area (Å²) in [6.45, 7) is 2.66. The van der Waals surface area contributed by atoms with Gasteiger partial charge >= 0.3 is 0 Å². The van der Waals surface area contributed by atoms with Crippen molar-refractivity contribution in [1.29, 1.82) is 0 Å². The molecule has 0 bridgehead atoms. The minimum atomic E-state index is 0.118. The fraction of sp³-hybridized carbons (Fsp3) is 0.400. The Hall–Kier alpha value is -1.82. The summed E-state index contributed by atoms with van der Waals surface area (Å²) in [4.78, 5) is 0. The number of hydrogen-bond donors (Lipinski definition) is 2. The fourth-order valence-electron chi connectivity index (χ4n) is 1.37. The van der Waals surface area contributed by atoms with Crippen molar-refractivity contribution in [3.63, 3.8) is 0 Å². The summed E-state index contributed by atoms with van der Waals surface area (Å²) in [5.74, 6) is 0. The van der Waals surface area contributed by atoms with E-state index in [1.165, 1.54) is 0 Å². The van der Waals surface area contributed by atoms with E-state index >= 15 is 0 Å². The smallest absolute Gasteiger partial charge is 0.160 e. The van der Waals surface area contributed by atoms with Gasteiger partial charge in [-0.25, -0.2) is 4.63 Å². The lowest BCUT2D eigenvalue weighted by molar-refractivity contribution is 0.129. The van der Waals surface area contributed by atoms with Gasteiger partial charge in [0.25, 0.3) is 0 Å². The van der Waals surface area contributed by atoms with Crippen LogP contribution in [0.15, 0.2) is 16.8 Å². The third kappa shape index (κ3) is 1.92. The van der Waals surface area contributed by atoms with Gasteiger partial charge in [0, 0.05) is 13.7 Å². The molecular formula is C10H14N4O2. The second kappa shape index (κ2) is 4.36. The van der Waals surface area contributed by atoms with Gasteiger partial charge in [-0.1, -0.05) is 0 Å². The van der Waals surface area contributed by atoms with Crippen LogP contribution < -0.4 is 11.1 Å². The predicted octanol–water partition coefficient (Wildman–Crippen LogP) is 1.25. The fourth-order valence-corrected chi connectivity index (χ4v) is 1.37. The van der Waals surface area contributed by atoms with Crippen LogP contribution in [0.1, 0.15) is 6.92 Å².